The van der Waals surface area contributed by atoms with Gasteiger partial charge in [-0.05, 0) is 93.9 Å². The minimum absolute atomic E-state index is 0.0191. The van der Waals surface area contributed by atoms with E-state index >= 15 is 0 Å². The molecular formula is C55H54N4O. The first-order valence-electron chi connectivity index (χ1n) is 21.1. The molecule has 0 N–H and O–H groups in total. The third-order valence-electron chi connectivity index (χ3n) is 12.1. The number of nitrogens with zero attached hydrogens (tertiary/aromatic N) is 4. The Kier molecular flexibility index (Phi) is 9.66. The van der Waals surface area contributed by atoms with Crippen LogP contribution in [0.4, 0.5) is 11.4 Å². The third kappa shape index (κ3) is 7.34. The van der Waals surface area contributed by atoms with Crippen molar-refractivity contribution in [2.24, 2.45) is 5.41 Å². The number of pyridine rings is 1. The summed E-state index contributed by atoms with van der Waals surface area (Å²) in [6.07, 6.45) is 4.24. The molecule has 0 aliphatic carbocycles. The quantitative estimate of drug-likeness (QED) is 0.154. The number of allylic oxidation sites excluding steroid dienone is 1. The number of hydrogen-bond acceptors (Lipinski definition) is 4. The van der Waals surface area contributed by atoms with Gasteiger partial charge in [0.25, 0.3) is 0 Å². The number of aromatic nitrogens is 2. The molecule has 0 amide bonds. The highest BCUT2D eigenvalue weighted by Gasteiger charge is 2.33. The SMILES string of the molecule is CC(C)(C)C1=CN(c2cccc(Oc3ccc4c5cc(-c6ccccc6)ccc5n(-c5cc(C(C)(C)C)ccn5)c4c3)c2)CN1c1cccc(C(C)(C)c2ccccc2)c1. The van der Waals surface area contributed by atoms with E-state index in [1.54, 1.807) is 0 Å². The van der Waals surface area contributed by atoms with Crippen molar-refractivity contribution < 1.29 is 4.74 Å². The van der Waals surface area contributed by atoms with E-state index in [2.05, 4.69) is 228 Å². The highest BCUT2D eigenvalue weighted by atomic mass is 16.5. The first kappa shape index (κ1) is 38.9. The van der Waals surface area contributed by atoms with Gasteiger partial charge in [-0.2, -0.15) is 0 Å². The van der Waals surface area contributed by atoms with Gasteiger partial charge in [-0.15, -0.1) is 0 Å². The minimum Gasteiger partial charge on any atom is -0.457 e. The Balaban J connectivity index is 1.06. The molecule has 60 heavy (non-hydrogen) atoms. The fraction of sp³-hybridized carbons (Fsp3) is 0.218. The fourth-order valence-electron chi connectivity index (χ4n) is 8.54. The van der Waals surface area contributed by atoms with Crippen LogP contribution in [0.15, 0.2) is 176 Å². The summed E-state index contributed by atoms with van der Waals surface area (Å²) in [4.78, 5) is 9.72. The summed E-state index contributed by atoms with van der Waals surface area (Å²) in [6.45, 7) is 18.9. The topological polar surface area (TPSA) is 33.5 Å². The molecule has 2 aromatic heterocycles. The number of rotatable bonds is 8. The van der Waals surface area contributed by atoms with Gasteiger partial charge in [0.15, 0.2) is 0 Å². The molecule has 0 bridgehead atoms. The van der Waals surface area contributed by atoms with Gasteiger partial charge < -0.3 is 14.5 Å². The Labute approximate surface area is 355 Å². The Morgan fingerprint density at radius 2 is 1.20 bits per heavy atom. The molecule has 0 saturated heterocycles. The first-order chi connectivity index (χ1) is 28.7. The van der Waals surface area contributed by atoms with Gasteiger partial charge >= 0.3 is 0 Å². The van der Waals surface area contributed by atoms with E-state index in [1.165, 1.54) is 44.6 Å². The second-order valence-corrected chi connectivity index (χ2v) is 18.7. The lowest BCUT2D eigenvalue weighted by Crippen LogP contribution is -2.31. The summed E-state index contributed by atoms with van der Waals surface area (Å²) in [7, 11) is 0. The molecule has 9 rings (SSSR count). The van der Waals surface area contributed by atoms with E-state index < -0.39 is 0 Å². The molecule has 1 aliphatic rings. The summed E-state index contributed by atoms with van der Waals surface area (Å²) in [5.41, 5.74) is 11.7. The average molecular weight is 787 g/mol. The van der Waals surface area contributed by atoms with Gasteiger partial charge in [-0.25, -0.2) is 4.98 Å². The summed E-state index contributed by atoms with van der Waals surface area (Å²) >= 11 is 0. The van der Waals surface area contributed by atoms with Crippen LogP contribution < -0.4 is 14.5 Å². The Hall–Kier alpha value is -6.59. The highest BCUT2D eigenvalue weighted by molar-refractivity contribution is 6.10. The second kappa shape index (κ2) is 14.9. The van der Waals surface area contributed by atoms with Gasteiger partial charge in [-0.3, -0.25) is 4.57 Å². The monoisotopic (exact) mass is 786 g/mol. The van der Waals surface area contributed by atoms with Crippen molar-refractivity contribution in [3.8, 4) is 28.4 Å². The van der Waals surface area contributed by atoms with E-state index in [0.29, 0.717) is 6.67 Å². The van der Waals surface area contributed by atoms with Crippen LogP contribution in [0.25, 0.3) is 38.8 Å². The number of fused-ring (bicyclic) bond motifs is 3. The van der Waals surface area contributed by atoms with Crippen molar-refractivity contribution >= 4 is 33.2 Å². The Morgan fingerprint density at radius 3 is 1.95 bits per heavy atom. The average Bonchev–Trinajstić information content (AvgIpc) is 3.85. The summed E-state index contributed by atoms with van der Waals surface area (Å²) in [5.74, 6) is 2.44. The van der Waals surface area contributed by atoms with Crippen LogP contribution in [0.2, 0.25) is 0 Å². The van der Waals surface area contributed by atoms with Crippen molar-refractivity contribution in [2.75, 3.05) is 16.5 Å². The summed E-state index contributed by atoms with van der Waals surface area (Å²) in [5, 5.41) is 2.33. The van der Waals surface area contributed by atoms with Crippen molar-refractivity contribution in [2.45, 2.75) is 66.2 Å². The van der Waals surface area contributed by atoms with Gasteiger partial charge in [0.2, 0.25) is 0 Å². The number of ether oxygens (including phenoxy) is 1. The maximum Gasteiger partial charge on any atom is 0.137 e. The molecule has 5 heteroatoms. The van der Waals surface area contributed by atoms with Crippen molar-refractivity contribution in [1.29, 1.82) is 0 Å². The molecule has 3 heterocycles. The van der Waals surface area contributed by atoms with E-state index in [9.17, 15) is 0 Å². The van der Waals surface area contributed by atoms with Gasteiger partial charge in [-0.1, -0.05) is 140 Å². The van der Waals surface area contributed by atoms with Crippen LogP contribution in [0.1, 0.15) is 72.1 Å². The van der Waals surface area contributed by atoms with Crippen LogP contribution >= 0.6 is 0 Å². The Morgan fingerprint density at radius 1 is 0.500 bits per heavy atom. The first-order valence-corrected chi connectivity index (χ1v) is 21.1. The molecule has 0 saturated carbocycles. The normalized spacial score (nSPS) is 13.6. The molecule has 0 spiro atoms. The van der Waals surface area contributed by atoms with Gasteiger partial charge in [0.1, 0.15) is 17.3 Å². The molecule has 0 fully saturated rings. The maximum atomic E-state index is 6.75. The van der Waals surface area contributed by atoms with Gasteiger partial charge in [0.05, 0.1) is 17.7 Å². The van der Waals surface area contributed by atoms with Gasteiger partial charge in [0, 0.05) is 63.2 Å². The maximum absolute atomic E-state index is 6.75. The van der Waals surface area contributed by atoms with E-state index in [1.807, 2.05) is 12.3 Å². The van der Waals surface area contributed by atoms with E-state index in [4.69, 9.17) is 9.72 Å². The van der Waals surface area contributed by atoms with Crippen LogP contribution in [-0.2, 0) is 10.8 Å². The van der Waals surface area contributed by atoms with Crippen molar-refractivity contribution in [1.82, 2.24) is 9.55 Å². The van der Waals surface area contributed by atoms with Crippen LogP contribution in [0.5, 0.6) is 11.5 Å². The molecule has 8 aromatic rings. The third-order valence-corrected chi connectivity index (χ3v) is 12.1. The van der Waals surface area contributed by atoms with Crippen LogP contribution in [-0.4, -0.2) is 16.2 Å². The lowest BCUT2D eigenvalue weighted by atomic mass is 9.78. The Bertz CT molecular complexity index is 2870. The molecule has 0 atom stereocenters. The smallest absolute Gasteiger partial charge is 0.137 e. The zero-order valence-corrected chi connectivity index (χ0v) is 36.1. The highest BCUT2D eigenvalue weighted by Crippen LogP contribution is 2.42. The van der Waals surface area contributed by atoms with E-state index in [0.717, 1.165) is 39.4 Å². The van der Waals surface area contributed by atoms with Crippen molar-refractivity contribution in [3.05, 3.63) is 193 Å². The lowest BCUT2D eigenvalue weighted by molar-refractivity contribution is 0.483. The number of benzene rings is 6. The van der Waals surface area contributed by atoms with Crippen molar-refractivity contribution in [3.63, 3.8) is 0 Å². The standard InChI is InChI=1S/C55H54N4O/c1-53(2,3)41-29-30-56-52(33-41)59-49-28-25-39(38-17-11-9-12-18-38)31-48(49)47-27-26-46(35-50(47)59)60-45-24-16-22-43(34-45)57-36-51(54(4,5)6)58(37-57)44-23-15-21-42(32-44)55(7,8)40-19-13-10-14-20-40/h9-36H,37H2,1-8H3. The van der Waals surface area contributed by atoms with Crippen LogP contribution in [0.3, 0.4) is 0 Å². The minimum atomic E-state index is -0.135. The fourth-order valence-corrected chi connectivity index (χ4v) is 8.54. The number of hydrogen-bond donors (Lipinski definition) is 0. The second-order valence-electron chi connectivity index (χ2n) is 18.7. The molecule has 0 radical (unpaired) electrons. The molecule has 300 valence electrons. The number of anilines is 2. The zero-order valence-electron chi connectivity index (χ0n) is 36.1. The van der Waals surface area contributed by atoms with Crippen LogP contribution in [0, 0.1) is 5.41 Å². The molecule has 6 aromatic carbocycles. The molecule has 1 aliphatic heterocycles. The van der Waals surface area contributed by atoms with E-state index in [-0.39, 0.29) is 16.2 Å². The molecule has 5 nitrogen and oxygen atoms in total. The zero-order chi connectivity index (χ0) is 41.8. The molecule has 0 unspecified atom stereocenters. The largest absolute Gasteiger partial charge is 0.457 e. The predicted molar refractivity (Wildman–Crippen MR) is 252 cm³/mol. The molecular weight excluding hydrogens is 733 g/mol. The lowest BCUT2D eigenvalue weighted by Gasteiger charge is -2.32. The summed E-state index contributed by atoms with van der Waals surface area (Å²) < 4.78 is 9.03. The predicted octanol–water partition coefficient (Wildman–Crippen LogP) is 14.4. The summed E-state index contributed by atoms with van der Waals surface area (Å²) in [6, 6.07) is 56.4.